The summed E-state index contributed by atoms with van der Waals surface area (Å²) in [6, 6.07) is 7.40. The maximum atomic E-state index is 13.0. The van der Waals surface area contributed by atoms with Gasteiger partial charge < -0.3 is 22.1 Å². The van der Waals surface area contributed by atoms with E-state index >= 15 is 0 Å². The van der Waals surface area contributed by atoms with Crippen LogP contribution in [0.4, 0.5) is 0 Å². The third-order valence-corrected chi connectivity index (χ3v) is 8.27. The van der Waals surface area contributed by atoms with E-state index in [0.29, 0.717) is 32.0 Å². The number of hydrogen-bond donors (Lipinski definition) is 5. The molecule has 9 nitrogen and oxygen atoms in total. The van der Waals surface area contributed by atoms with Gasteiger partial charge in [0, 0.05) is 31.1 Å². The molecule has 38 heavy (non-hydrogen) atoms. The molecule has 0 saturated heterocycles. The molecule has 5 atom stereocenters. The van der Waals surface area contributed by atoms with Gasteiger partial charge in [-0.3, -0.25) is 19.8 Å². The molecule has 2 fully saturated rings. The van der Waals surface area contributed by atoms with Crippen LogP contribution in [-0.2, 0) is 20.8 Å². The molecule has 206 valence electrons. The molecular weight excluding hydrogens is 480 g/mol. The minimum Gasteiger partial charge on any atom is -0.356 e. The molecule has 2 bridgehead atoms. The van der Waals surface area contributed by atoms with Crippen molar-refractivity contribution in [1.82, 2.24) is 16.1 Å². The first-order chi connectivity index (χ1) is 18.3. The number of rotatable bonds is 13. The van der Waals surface area contributed by atoms with Gasteiger partial charge in [-0.05, 0) is 73.1 Å². The van der Waals surface area contributed by atoms with Gasteiger partial charge in [0.25, 0.3) is 5.91 Å². The third-order valence-electron chi connectivity index (χ3n) is 8.27. The number of nitrogens with two attached hydrogens (primary N) is 2. The van der Waals surface area contributed by atoms with E-state index in [1.54, 1.807) is 0 Å². The molecule has 4 rings (SSSR count). The number of nitrogens with zero attached hydrogens (tertiary/aromatic N) is 1. The normalized spacial score (nSPS) is 24.2. The lowest BCUT2D eigenvalue weighted by atomic mass is 9.76. The lowest BCUT2D eigenvalue weighted by Crippen LogP contribution is -2.45. The molecule has 2 amide bonds. The molecule has 2 aliphatic carbocycles. The van der Waals surface area contributed by atoms with Crippen molar-refractivity contribution in [2.24, 2.45) is 46.2 Å². The maximum absolute atomic E-state index is 13.0. The van der Waals surface area contributed by atoms with E-state index in [4.69, 9.17) is 11.5 Å². The van der Waals surface area contributed by atoms with E-state index in [2.05, 4.69) is 33.3 Å². The largest absolute Gasteiger partial charge is 0.356 e. The molecule has 4 unspecified atom stereocenters. The molecule has 1 heterocycles. The number of Topliss-reactive ketones (excluding diaryl/α,β-unsaturated/α-hetero) is 1. The topological polar surface area (TPSA) is 152 Å². The van der Waals surface area contributed by atoms with Crippen LogP contribution >= 0.6 is 0 Å². The summed E-state index contributed by atoms with van der Waals surface area (Å²) in [6.45, 7) is 5.40. The summed E-state index contributed by atoms with van der Waals surface area (Å²) in [7, 11) is 0. The number of carbonyl (C=O) groups is 3. The molecule has 0 spiro atoms. The molecule has 0 radical (unpaired) electrons. The second-order valence-electron chi connectivity index (χ2n) is 11.2. The Morgan fingerprint density at radius 2 is 1.82 bits per heavy atom. The predicted octanol–water partition coefficient (Wildman–Crippen LogP) is 1.72. The summed E-state index contributed by atoms with van der Waals surface area (Å²) < 4.78 is 0. The minimum absolute atomic E-state index is 0.0125. The van der Waals surface area contributed by atoms with Gasteiger partial charge in [0.15, 0.2) is 0 Å². The summed E-state index contributed by atoms with van der Waals surface area (Å²) in [4.78, 5) is 37.2. The fourth-order valence-corrected chi connectivity index (χ4v) is 6.03. The monoisotopic (exact) mass is 522 g/mol. The zero-order valence-electron chi connectivity index (χ0n) is 22.5. The Hall–Kier alpha value is -3.04. The van der Waals surface area contributed by atoms with E-state index in [1.807, 2.05) is 32.2 Å². The van der Waals surface area contributed by atoms with Gasteiger partial charge in [-0.25, -0.2) is 0 Å². The highest BCUT2D eigenvalue weighted by molar-refractivity contribution is 6.38. The first-order valence-electron chi connectivity index (χ1n) is 14.0. The Morgan fingerprint density at radius 1 is 1.05 bits per heavy atom. The average molecular weight is 523 g/mol. The second kappa shape index (κ2) is 12.7. The number of nitrogens with one attached hydrogen (secondary N) is 3. The van der Waals surface area contributed by atoms with Crippen LogP contribution in [0.25, 0.3) is 5.70 Å². The quantitative estimate of drug-likeness (QED) is 0.196. The van der Waals surface area contributed by atoms with E-state index in [1.165, 1.54) is 5.57 Å². The fourth-order valence-electron chi connectivity index (χ4n) is 6.03. The second-order valence-corrected chi connectivity index (χ2v) is 11.2. The van der Waals surface area contributed by atoms with Crippen molar-refractivity contribution in [2.75, 3.05) is 19.6 Å². The number of carbonyl (C=O) groups excluding carboxylic acids is 3. The summed E-state index contributed by atoms with van der Waals surface area (Å²) in [5, 5.41) is 10.3. The van der Waals surface area contributed by atoms with Crippen LogP contribution in [0, 0.1) is 29.6 Å². The number of fused-ring (bicyclic) bond motifs is 5. The lowest BCUT2D eigenvalue weighted by molar-refractivity contribution is -0.139. The number of unbranched alkanes of at least 4 members (excludes halogenated alkanes) is 2. The third kappa shape index (κ3) is 6.15. The predicted molar refractivity (Wildman–Crippen MR) is 149 cm³/mol. The standard InChI is InChI=1S/C29H42N6O3/c1-17(2)25(31)27(36)29(38)33-13-10-18-6-8-19(9-7-18)26-24-21-14-20(23(24)16-34-35-26)15-22(21)28(37)32-12-5-3-4-11-30/h6-9,16-17,20-23,25,35H,3-5,10-15,30-31H2,1-2H3,(H,32,37)(H,33,38)/t20?,21?,22?,23?,25-/m0/s1. The molecule has 1 aliphatic heterocycles. The van der Waals surface area contributed by atoms with Crippen molar-refractivity contribution < 1.29 is 14.4 Å². The van der Waals surface area contributed by atoms with Gasteiger partial charge >= 0.3 is 0 Å². The van der Waals surface area contributed by atoms with Crippen molar-refractivity contribution in [2.45, 2.75) is 58.4 Å². The molecular formula is C29H42N6O3. The Labute approximate surface area is 225 Å². The van der Waals surface area contributed by atoms with Crippen LogP contribution in [0.5, 0.6) is 0 Å². The first kappa shape index (κ1) is 28.0. The molecule has 3 aliphatic rings. The van der Waals surface area contributed by atoms with Crippen molar-refractivity contribution in [1.29, 1.82) is 0 Å². The minimum atomic E-state index is -0.781. The van der Waals surface area contributed by atoms with Crippen molar-refractivity contribution in [3.05, 3.63) is 41.0 Å². The van der Waals surface area contributed by atoms with E-state index in [0.717, 1.165) is 48.9 Å². The summed E-state index contributed by atoms with van der Waals surface area (Å²) in [5.41, 5.74) is 19.0. The maximum Gasteiger partial charge on any atom is 0.289 e. The SMILES string of the molecule is CC(C)[C@H](N)C(=O)C(=O)NCCc1ccc(C2=C3C(C=NN2)C2CC(C(=O)NCCCCCN)C3C2)cc1. The lowest BCUT2D eigenvalue weighted by Gasteiger charge is -2.32. The number of amides is 2. The van der Waals surface area contributed by atoms with Crippen LogP contribution < -0.4 is 27.5 Å². The van der Waals surface area contributed by atoms with Gasteiger partial charge in [-0.2, -0.15) is 5.10 Å². The van der Waals surface area contributed by atoms with E-state index < -0.39 is 17.7 Å². The van der Waals surface area contributed by atoms with Crippen molar-refractivity contribution in [3.63, 3.8) is 0 Å². The van der Waals surface area contributed by atoms with Gasteiger partial charge in [0.05, 0.1) is 11.7 Å². The number of benzene rings is 1. The number of hydrogen-bond acceptors (Lipinski definition) is 7. The number of hydrazone groups is 1. The van der Waals surface area contributed by atoms with Crippen LogP contribution in [0.15, 0.2) is 34.9 Å². The van der Waals surface area contributed by atoms with Crippen molar-refractivity contribution >= 4 is 29.5 Å². The Morgan fingerprint density at radius 3 is 2.53 bits per heavy atom. The zero-order chi connectivity index (χ0) is 27.2. The van der Waals surface area contributed by atoms with Gasteiger partial charge in [0.1, 0.15) is 0 Å². The zero-order valence-corrected chi connectivity index (χ0v) is 22.5. The summed E-state index contributed by atoms with van der Waals surface area (Å²) in [6.07, 6.45) is 7.56. The van der Waals surface area contributed by atoms with Gasteiger partial charge in [-0.15, -0.1) is 0 Å². The van der Waals surface area contributed by atoms with E-state index in [9.17, 15) is 14.4 Å². The fraction of sp³-hybridized carbons (Fsp3) is 0.586. The highest BCUT2D eigenvalue weighted by Gasteiger charge is 2.53. The molecule has 0 aromatic heterocycles. The Kier molecular flexibility index (Phi) is 9.33. The Bertz CT molecular complexity index is 1080. The van der Waals surface area contributed by atoms with Crippen LogP contribution in [0.1, 0.15) is 57.1 Å². The summed E-state index contributed by atoms with van der Waals surface area (Å²) in [5.74, 6) is -0.135. The molecule has 7 N–H and O–H groups in total. The van der Waals surface area contributed by atoms with Gasteiger partial charge in [0.2, 0.25) is 11.7 Å². The number of ketones is 1. The van der Waals surface area contributed by atoms with E-state index in [-0.39, 0.29) is 29.6 Å². The molecule has 2 saturated carbocycles. The first-order valence-corrected chi connectivity index (χ1v) is 14.0. The Balaban J connectivity index is 1.37. The molecule has 1 aromatic rings. The van der Waals surface area contributed by atoms with Crippen LogP contribution in [0.3, 0.4) is 0 Å². The highest BCUT2D eigenvalue weighted by Crippen LogP contribution is 2.56. The average Bonchev–Trinajstić information content (AvgIpc) is 3.52. The summed E-state index contributed by atoms with van der Waals surface area (Å²) >= 11 is 0. The smallest absolute Gasteiger partial charge is 0.289 e. The molecule has 1 aromatic carbocycles. The molecule has 9 heteroatoms. The number of allylic oxidation sites excluding steroid dienone is 1. The van der Waals surface area contributed by atoms with Crippen LogP contribution in [-0.4, -0.2) is 49.5 Å². The van der Waals surface area contributed by atoms with Crippen LogP contribution in [0.2, 0.25) is 0 Å². The van der Waals surface area contributed by atoms with Crippen molar-refractivity contribution in [3.8, 4) is 0 Å². The highest BCUT2D eigenvalue weighted by atomic mass is 16.2. The van der Waals surface area contributed by atoms with Gasteiger partial charge in [-0.1, -0.05) is 44.5 Å².